The second-order valence-electron chi connectivity index (χ2n) is 4.81. The number of aromatic carboxylic acids is 1. The number of carboxylic acids is 1. The van der Waals surface area contributed by atoms with Crippen molar-refractivity contribution in [3.8, 4) is 11.1 Å². The Bertz CT molecular complexity index is 809. The summed E-state index contributed by atoms with van der Waals surface area (Å²) >= 11 is 0. The minimum absolute atomic E-state index is 0.299. The van der Waals surface area contributed by atoms with Crippen LogP contribution < -0.4 is 0 Å². The van der Waals surface area contributed by atoms with Gasteiger partial charge in [0.15, 0.2) is 0 Å². The topological polar surface area (TPSA) is 50.2 Å². The number of hydrogen-bond donors (Lipinski definition) is 1. The smallest absolute Gasteiger partial charge is 0.335 e. The van der Waals surface area contributed by atoms with Crippen molar-refractivity contribution in [1.82, 2.24) is 4.98 Å². The molecule has 2 aromatic carbocycles. The van der Waals surface area contributed by atoms with Crippen molar-refractivity contribution in [2.24, 2.45) is 0 Å². The monoisotopic (exact) mass is 263 g/mol. The molecule has 0 spiro atoms. The van der Waals surface area contributed by atoms with E-state index in [-0.39, 0.29) is 0 Å². The molecule has 20 heavy (non-hydrogen) atoms. The van der Waals surface area contributed by atoms with Crippen LogP contribution >= 0.6 is 0 Å². The first-order chi connectivity index (χ1) is 9.63. The molecule has 3 nitrogen and oxygen atoms in total. The number of carbonyl (C=O) groups is 1. The van der Waals surface area contributed by atoms with Crippen LogP contribution in [0.25, 0.3) is 22.0 Å². The molecule has 0 aliphatic carbocycles. The zero-order chi connectivity index (χ0) is 14.1. The third-order valence-electron chi connectivity index (χ3n) is 3.25. The van der Waals surface area contributed by atoms with E-state index in [0.717, 1.165) is 27.6 Å². The van der Waals surface area contributed by atoms with Crippen molar-refractivity contribution in [2.75, 3.05) is 0 Å². The molecule has 0 radical (unpaired) electrons. The molecule has 3 aromatic rings. The highest BCUT2D eigenvalue weighted by Crippen LogP contribution is 2.24. The van der Waals surface area contributed by atoms with Gasteiger partial charge in [-0.3, -0.25) is 4.98 Å². The molecule has 0 aliphatic rings. The number of aromatic nitrogens is 1. The first-order valence-electron chi connectivity index (χ1n) is 6.33. The Morgan fingerprint density at radius 3 is 2.65 bits per heavy atom. The van der Waals surface area contributed by atoms with E-state index in [2.05, 4.69) is 4.98 Å². The first kappa shape index (κ1) is 12.4. The van der Waals surface area contributed by atoms with Gasteiger partial charge >= 0.3 is 5.97 Å². The molecule has 0 saturated heterocycles. The molecular formula is C17H13NO2. The van der Waals surface area contributed by atoms with Crippen molar-refractivity contribution in [3.05, 3.63) is 65.9 Å². The number of aryl methyl sites for hydroxylation is 1. The van der Waals surface area contributed by atoms with Crippen LogP contribution in [0, 0.1) is 6.92 Å². The summed E-state index contributed by atoms with van der Waals surface area (Å²) in [5, 5.41) is 10.2. The van der Waals surface area contributed by atoms with Gasteiger partial charge in [0.1, 0.15) is 0 Å². The van der Waals surface area contributed by atoms with Crippen LogP contribution in [0.2, 0.25) is 0 Å². The molecule has 0 aliphatic heterocycles. The Kier molecular flexibility index (Phi) is 2.95. The van der Waals surface area contributed by atoms with E-state index in [1.807, 2.05) is 43.3 Å². The lowest BCUT2D eigenvalue weighted by molar-refractivity contribution is 0.0697. The van der Waals surface area contributed by atoms with Crippen molar-refractivity contribution in [3.63, 3.8) is 0 Å². The van der Waals surface area contributed by atoms with Gasteiger partial charge in [0.25, 0.3) is 0 Å². The molecule has 0 fully saturated rings. The van der Waals surface area contributed by atoms with Crippen molar-refractivity contribution in [1.29, 1.82) is 0 Å². The van der Waals surface area contributed by atoms with E-state index >= 15 is 0 Å². The van der Waals surface area contributed by atoms with Crippen molar-refractivity contribution >= 4 is 16.9 Å². The number of benzene rings is 2. The maximum atomic E-state index is 11.1. The third kappa shape index (κ3) is 2.26. The number of hydrogen-bond acceptors (Lipinski definition) is 2. The molecule has 0 unspecified atom stereocenters. The zero-order valence-corrected chi connectivity index (χ0v) is 11.0. The second-order valence-corrected chi connectivity index (χ2v) is 4.81. The minimum atomic E-state index is -0.913. The highest BCUT2D eigenvalue weighted by molar-refractivity contribution is 5.90. The quantitative estimate of drug-likeness (QED) is 0.762. The average Bonchev–Trinajstić information content (AvgIpc) is 2.46. The molecule has 0 saturated carbocycles. The van der Waals surface area contributed by atoms with Crippen LogP contribution in [0.4, 0.5) is 0 Å². The highest BCUT2D eigenvalue weighted by atomic mass is 16.4. The Balaban J connectivity index is 2.17. The highest BCUT2D eigenvalue weighted by Gasteiger charge is 2.07. The largest absolute Gasteiger partial charge is 0.478 e. The van der Waals surface area contributed by atoms with Crippen LogP contribution in [-0.4, -0.2) is 16.1 Å². The third-order valence-corrected chi connectivity index (χ3v) is 3.25. The van der Waals surface area contributed by atoms with Crippen LogP contribution in [0.3, 0.4) is 0 Å². The predicted octanol–water partition coefficient (Wildman–Crippen LogP) is 3.91. The standard InChI is InChI=1S/C17H13NO2/c1-11-6-13(9-14(7-11)17(19)20)15-8-12-4-2-3-5-16(12)18-10-15/h2-10H,1H3,(H,19,20). The first-order valence-corrected chi connectivity index (χ1v) is 6.33. The number of nitrogens with zero attached hydrogens (tertiary/aromatic N) is 1. The Labute approximate surface area is 116 Å². The lowest BCUT2D eigenvalue weighted by atomic mass is 10.0. The average molecular weight is 263 g/mol. The van der Waals surface area contributed by atoms with Gasteiger partial charge in [0.2, 0.25) is 0 Å². The molecule has 1 aromatic heterocycles. The molecule has 1 heterocycles. The molecule has 3 rings (SSSR count). The lowest BCUT2D eigenvalue weighted by Gasteiger charge is -2.06. The molecular weight excluding hydrogens is 250 g/mol. The predicted molar refractivity (Wildman–Crippen MR) is 78.9 cm³/mol. The summed E-state index contributed by atoms with van der Waals surface area (Å²) in [5.74, 6) is -0.913. The zero-order valence-electron chi connectivity index (χ0n) is 11.0. The van der Waals surface area contributed by atoms with Gasteiger partial charge < -0.3 is 5.11 Å². The number of para-hydroxylation sites is 1. The van der Waals surface area contributed by atoms with E-state index in [1.54, 1.807) is 18.3 Å². The number of rotatable bonds is 2. The Hall–Kier alpha value is -2.68. The molecule has 0 bridgehead atoms. The van der Waals surface area contributed by atoms with E-state index in [1.165, 1.54) is 0 Å². The fourth-order valence-corrected chi connectivity index (χ4v) is 2.30. The van der Waals surface area contributed by atoms with Gasteiger partial charge in [0.05, 0.1) is 11.1 Å². The van der Waals surface area contributed by atoms with Crippen LogP contribution in [0.15, 0.2) is 54.7 Å². The lowest BCUT2D eigenvalue weighted by Crippen LogP contribution is -1.97. The van der Waals surface area contributed by atoms with E-state index in [0.29, 0.717) is 5.56 Å². The van der Waals surface area contributed by atoms with E-state index in [4.69, 9.17) is 5.11 Å². The van der Waals surface area contributed by atoms with Gasteiger partial charge in [-0.2, -0.15) is 0 Å². The van der Waals surface area contributed by atoms with Crippen LogP contribution in [-0.2, 0) is 0 Å². The van der Waals surface area contributed by atoms with Gasteiger partial charge in [-0.1, -0.05) is 24.3 Å². The van der Waals surface area contributed by atoms with Crippen LogP contribution in [0.5, 0.6) is 0 Å². The summed E-state index contributed by atoms with van der Waals surface area (Å²) < 4.78 is 0. The molecule has 0 atom stereocenters. The van der Waals surface area contributed by atoms with Gasteiger partial charge in [-0.25, -0.2) is 4.79 Å². The summed E-state index contributed by atoms with van der Waals surface area (Å²) in [6, 6.07) is 15.2. The molecule has 98 valence electrons. The van der Waals surface area contributed by atoms with E-state index < -0.39 is 5.97 Å². The molecule has 0 amide bonds. The van der Waals surface area contributed by atoms with Gasteiger partial charge in [0, 0.05) is 17.1 Å². The summed E-state index contributed by atoms with van der Waals surface area (Å²) in [7, 11) is 0. The van der Waals surface area contributed by atoms with Crippen molar-refractivity contribution < 1.29 is 9.90 Å². The van der Waals surface area contributed by atoms with E-state index in [9.17, 15) is 4.79 Å². The fraction of sp³-hybridized carbons (Fsp3) is 0.0588. The fourth-order valence-electron chi connectivity index (χ4n) is 2.30. The second kappa shape index (κ2) is 4.78. The Morgan fingerprint density at radius 2 is 1.85 bits per heavy atom. The maximum Gasteiger partial charge on any atom is 0.335 e. The molecule has 1 N–H and O–H groups in total. The number of carboxylic acid groups (broad SMARTS) is 1. The van der Waals surface area contributed by atoms with Crippen LogP contribution in [0.1, 0.15) is 15.9 Å². The molecule has 3 heteroatoms. The maximum absolute atomic E-state index is 11.1. The SMILES string of the molecule is Cc1cc(C(=O)O)cc(-c2cnc3ccccc3c2)c1. The summed E-state index contributed by atoms with van der Waals surface area (Å²) in [5.41, 5.74) is 3.96. The summed E-state index contributed by atoms with van der Waals surface area (Å²) in [4.78, 5) is 15.5. The van der Waals surface area contributed by atoms with Gasteiger partial charge in [-0.05, 0) is 42.3 Å². The summed E-state index contributed by atoms with van der Waals surface area (Å²) in [6.07, 6.45) is 1.78. The number of pyridine rings is 1. The number of fused-ring (bicyclic) bond motifs is 1. The van der Waals surface area contributed by atoms with Crippen molar-refractivity contribution in [2.45, 2.75) is 6.92 Å². The van der Waals surface area contributed by atoms with Gasteiger partial charge in [-0.15, -0.1) is 0 Å². The normalized spacial score (nSPS) is 10.7. The minimum Gasteiger partial charge on any atom is -0.478 e. The summed E-state index contributed by atoms with van der Waals surface area (Å²) in [6.45, 7) is 1.89. The Morgan fingerprint density at radius 1 is 1.05 bits per heavy atom.